The second kappa shape index (κ2) is 3.49. The Hall–Kier alpha value is -1.51. The number of rotatable bonds is 1. The highest BCUT2D eigenvalue weighted by Gasteiger charge is 2.45. The molecule has 0 heterocycles. The van der Waals surface area contributed by atoms with Crippen molar-refractivity contribution < 1.29 is 4.92 Å². The Morgan fingerprint density at radius 1 is 1.29 bits per heavy atom. The van der Waals surface area contributed by atoms with E-state index in [9.17, 15) is 10.1 Å². The third-order valence-electron chi connectivity index (χ3n) is 4.11. The maximum Gasteiger partial charge on any atom is 0.273 e. The van der Waals surface area contributed by atoms with Crippen molar-refractivity contribution >= 4 is 21.4 Å². The predicted octanol–water partition coefficient (Wildman–Crippen LogP) is 1.05. The number of allylic oxidation sites excluding steroid dienone is 1. The number of benzene rings is 1. The molecule has 5 heteroatoms. The van der Waals surface area contributed by atoms with E-state index in [0.717, 1.165) is 18.4 Å². The smallest absolute Gasteiger partial charge is 0.258 e. The van der Waals surface area contributed by atoms with E-state index < -0.39 is 0 Å². The first-order valence-corrected chi connectivity index (χ1v) is 6.05. The molecule has 0 aliphatic heterocycles. The molecule has 3 rings (SSSR count). The van der Waals surface area contributed by atoms with Crippen LogP contribution in [0.15, 0.2) is 29.1 Å². The van der Waals surface area contributed by atoms with Gasteiger partial charge in [-0.25, -0.2) is 0 Å². The van der Waals surface area contributed by atoms with Crippen LogP contribution < -0.4 is 0 Å². The van der Waals surface area contributed by atoms with Crippen molar-refractivity contribution in [1.29, 1.82) is 0 Å². The summed E-state index contributed by atoms with van der Waals surface area (Å²) in [7, 11) is 4.25. The zero-order valence-electron chi connectivity index (χ0n) is 10.1. The topological polar surface area (TPSA) is 43.1 Å². The molecule has 2 aliphatic carbocycles. The monoisotopic (exact) mass is 225 g/mol. The molecular formula is C12H13B2NO2. The van der Waals surface area contributed by atoms with Gasteiger partial charge in [0, 0.05) is 23.5 Å². The molecule has 0 radical (unpaired) electrons. The molecule has 0 aromatic heterocycles. The summed E-state index contributed by atoms with van der Waals surface area (Å²) in [6.07, 6.45) is 2.22. The third kappa shape index (κ3) is 1.31. The minimum absolute atomic E-state index is 0.234. The standard InChI is InChI=1S/C12H13B2NO2/c13-12(14)11-7-4-5-8(11)10-6(7)2-1-3-9(10)15(16)17/h1-3,7-8H,4-5,13-14H2. The second-order valence-corrected chi connectivity index (χ2v) is 5.18. The lowest BCUT2D eigenvalue weighted by atomic mass is 9.72. The first-order valence-electron chi connectivity index (χ1n) is 6.05. The Balaban J connectivity index is 2.26. The van der Waals surface area contributed by atoms with Crippen molar-refractivity contribution in [2.24, 2.45) is 0 Å². The highest BCUT2D eigenvalue weighted by Crippen LogP contribution is 2.59. The summed E-state index contributed by atoms with van der Waals surface area (Å²) in [6, 6.07) is 5.53. The second-order valence-electron chi connectivity index (χ2n) is 5.18. The van der Waals surface area contributed by atoms with Gasteiger partial charge in [0.25, 0.3) is 5.69 Å². The Morgan fingerprint density at radius 3 is 2.65 bits per heavy atom. The third-order valence-corrected chi connectivity index (χ3v) is 4.11. The number of hydrogen-bond donors (Lipinski definition) is 0. The van der Waals surface area contributed by atoms with Crippen LogP contribution in [0, 0.1) is 10.1 Å². The summed E-state index contributed by atoms with van der Waals surface area (Å²) in [6.45, 7) is 0. The Morgan fingerprint density at radius 2 is 2.00 bits per heavy atom. The van der Waals surface area contributed by atoms with Gasteiger partial charge in [-0.15, -0.1) is 5.37 Å². The lowest BCUT2D eigenvalue weighted by Crippen LogP contribution is -2.02. The van der Waals surface area contributed by atoms with Crippen molar-refractivity contribution in [3.8, 4) is 0 Å². The molecule has 1 fully saturated rings. The van der Waals surface area contributed by atoms with Crippen LogP contribution in [0.1, 0.15) is 35.8 Å². The van der Waals surface area contributed by atoms with Gasteiger partial charge in [0.05, 0.1) is 4.92 Å². The predicted molar refractivity (Wildman–Crippen MR) is 71.9 cm³/mol. The van der Waals surface area contributed by atoms with Crippen LogP contribution in [0.3, 0.4) is 0 Å². The van der Waals surface area contributed by atoms with E-state index >= 15 is 0 Å². The molecule has 2 unspecified atom stereocenters. The fourth-order valence-electron chi connectivity index (χ4n) is 3.62. The van der Waals surface area contributed by atoms with Crippen LogP contribution in [0.2, 0.25) is 0 Å². The molecule has 1 aromatic carbocycles. The van der Waals surface area contributed by atoms with Gasteiger partial charge in [-0.1, -0.05) is 17.7 Å². The van der Waals surface area contributed by atoms with Crippen molar-refractivity contribution in [2.45, 2.75) is 24.7 Å². The molecule has 2 bridgehead atoms. The molecule has 84 valence electrons. The maximum atomic E-state index is 11.1. The molecule has 0 N–H and O–H groups in total. The minimum Gasteiger partial charge on any atom is -0.258 e. The van der Waals surface area contributed by atoms with Gasteiger partial charge in [0.2, 0.25) is 0 Å². The number of nitrogens with zero attached hydrogens (tertiary/aromatic N) is 1. The molecule has 2 aliphatic rings. The zero-order chi connectivity index (χ0) is 12.2. The normalized spacial score (nSPS) is 24.8. The number of hydrogen-bond acceptors (Lipinski definition) is 2. The highest BCUT2D eigenvalue weighted by molar-refractivity contribution is 6.48. The highest BCUT2D eigenvalue weighted by atomic mass is 16.6. The van der Waals surface area contributed by atoms with Gasteiger partial charge in [0.1, 0.15) is 15.7 Å². The van der Waals surface area contributed by atoms with E-state index in [4.69, 9.17) is 0 Å². The van der Waals surface area contributed by atoms with Gasteiger partial charge in [-0.3, -0.25) is 10.1 Å². The number of nitro benzene ring substituents is 1. The first-order chi connectivity index (χ1) is 8.11. The van der Waals surface area contributed by atoms with E-state index in [-0.39, 0.29) is 4.92 Å². The molecular weight excluding hydrogens is 212 g/mol. The average Bonchev–Trinajstić information content (AvgIpc) is 2.84. The Labute approximate surface area is 102 Å². The summed E-state index contributed by atoms with van der Waals surface area (Å²) in [5.74, 6) is 0.751. The van der Waals surface area contributed by atoms with Crippen LogP contribution in [-0.4, -0.2) is 20.6 Å². The number of nitro groups is 1. The summed E-state index contributed by atoms with van der Waals surface area (Å²) in [5.41, 5.74) is 3.94. The van der Waals surface area contributed by atoms with Crippen molar-refractivity contribution in [2.75, 3.05) is 0 Å². The Bertz CT molecular complexity index is 549. The SMILES string of the molecule is BC(B)=C1C2CCC1c1c2cccc1[N+](=O)[O-]. The van der Waals surface area contributed by atoms with Crippen molar-refractivity contribution in [3.05, 3.63) is 50.4 Å². The van der Waals surface area contributed by atoms with Gasteiger partial charge >= 0.3 is 0 Å². The van der Waals surface area contributed by atoms with Gasteiger partial charge < -0.3 is 0 Å². The van der Waals surface area contributed by atoms with Crippen LogP contribution >= 0.6 is 0 Å². The summed E-state index contributed by atoms with van der Waals surface area (Å²) in [4.78, 5) is 10.9. The van der Waals surface area contributed by atoms with Gasteiger partial charge in [-0.05, 0) is 18.4 Å². The summed E-state index contributed by atoms with van der Waals surface area (Å²) < 4.78 is 0. The average molecular weight is 225 g/mol. The van der Waals surface area contributed by atoms with E-state index in [0.29, 0.717) is 17.5 Å². The lowest BCUT2D eigenvalue weighted by molar-refractivity contribution is -0.385. The van der Waals surface area contributed by atoms with Gasteiger partial charge in [0.15, 0.2) is 0 Å². The molecule has 2 atom stereocenters. The maximum absolute atomic E-state index is 11.1. The first kappa shape index (κ1) is 10.6. The van der Waals surface area contributed by atoms with E-state index in [1.165, 1.54) is 16.5 Å². The van der Waals surface area contributed by atoms with Crippen LogP contribution in [0.5, 0.6) is 0 Å². The zero-order valence-corrected chi connectivity index (χ0v) is 10.1. The fourth-order valence-corrected chi connectivity index (χ4v) is 3.62. The largest absolute Gasteiger partial charge is 0.273 e. The van der Waals surface area contributed by atoms with Crippen LogP contribution in [-0.2, 0) is 0 Å². The summed E-state index contributed by atoms with van der Waals surface area (Å²) in [5, 5.41) is 12.4. The van der Waals surface area contributed by atoms with E-state index in [1.807, 2.05) is 6.07 Å². The minimum atomic E-state index is -0.234. The quantitative estimate of drug-likeness (QED) is 0.407. The Kier molecular flexibility index (Phi) is 2.18. The molecule has 0 saturated heterocycles. The molecule has 1 aromatic rings. The summed E-state index contributed by atoms with van der Waals surface area (Å²) >= 11 is 0. The van der Waals surface area contributed by atoms with Crippen LogP contribution in [0.4, 0.5) is 5.69 Å². The van der Waals surface area contributed by atoms with Gasteiger partial charge in [-0.2, -0.15) is 0 Å². The molecule has 17 heavy (non-hydrogen) atoms. The molecule has 3 nitrogen and oxygen atoms in total. The number of fused-ring (bicyclic) bond motifs is 5. The van der Waals surface area contributed by atoms with Crippen LogP contribution in [0.25, 0.3) is 0 Å². The molecule has 0 spiro atoms. The fraction of sp³-hybridized carbons (Fsp3) is 0.333. The van der Waals surface area contributed by atoms with Crippen molar-refractivity contribution in [3.63, 3.8) is 0 Å². The molecule has 1 saturated carbocycles. The van der Waals surface area contributed by atoms with Crippen molar-refractivity contribution in [1.82, 2.24) is 0 Å². The lowest BCUT2D eigenvalue weighted by Gasteiger charge is -2.13. The van der Waals surface area contributed by atoms with E-state index in [1.54, 1.807) is 6.07 Å². The molecule has 0 amide bonds. The van der Waals surface area contributed by atoms with E-state index in [2.05, 4.69) is 21.8 Å².